The summed E-state index contributed by atoms with van der Waals surface area (Å²) in [7, 11) is 5.42. The number of anilines is 2. The number of piperidine rings is 2. The molecule has 2 fully saturated rings. The minimum Gasteiger partial charge on any atom is -0.625 e. The number of fused-ring (bicyclic) bond motifs is 1. The Morgan fingerprint density at radius 3 is 2.52 bits per heavy atom. The molecular formula is C26H34N4O3. The Morgan fingerprint density at radius 2 is 1.85 bits per heavy atom. The molecule has 5 atom stereocenters. The highest BCUT2D eigenvalue weighted by Gasteiger charge is 2.50. The molecule has 7 heteroatoms. The van der Waals surface area contributed by atoms with E-state index in [0.717, 1.165) is 23.4 Å². The summed E-state index contributed by atoms with van der Waals surface area (Å²) >= 11 is 0. The van der Waals surface area contributed by atoms with Crippen molar-refractivity contribution in [3.05, 3.63) is 64.4 Å². The second-order valence-electron chi connectivity index (χ2n) is 9.96. The second kappa shape index (κ2) is 8.89. The van der Waals surface area contributed by atoms with Crippen LogP contribution in [-0.4, -0.2) is 56.2 Å². The summed E-state index contributed by atoms with van der Waals surface area (Å²) in [6, 6.07) is 13.1. The number of amides is 2. The van der Waals surface area contributed by atoms with E-state index in [9.17, 15) is 14.8 Å². The molecule has 7 nitrogen and oxygen atoms in total. The summed E-state index contributed by atoms with van der Waals surface area (Å²) in [6.45, 7) is 4.78. The number of hydrogen-bond donors (Lipinski definition) is 2. The maximum atomic E-state index is 13.5. The lowest BCUT2D eigenvalue weighted by Gasteiger charge is -2.54. The Kier molecular flexibility index (Phi) is 6.31. The van der Waals surface area contributed by atoms with E-state index in [1.54, 1.807) is 12.1 Å². The van der Waals surface area contributed by atoms with E-state index in [4.69, 9.17) is 0 Å². The molecule has 0 bridgehead atoms. The van der Waals surface area contributed by atoms with Crippen molar-refractivity contribution in [3.8, 4) is 0 Å². The van der Waals surface area contributed by atoms with Gasteiger partial charge in [-0.2, -0.15) is 0 Å². The number of hydrogen-bond acceptors (Lipinski definition) is 5. The number of aryl methyl sites for hydroxylation is 1. The third-order valence-electron chi connectivity index (χ3n) is 7.33. The molecule has 2 aromatic carbocycles. The van der Waals surface area contributed by atoms with Crippen LogP contribution in [0.5, 0.6) is 0 Å². The van der Waals surface area contributed by atoms with Gasteiger partial charge in [-0.1, -0.05) is 6.07 Å². The zero-order valence-corrected chi connectivity index (χ0v) is 20.1. The summed E-state index contributed by atoms with van der Waals surface area (Å²) in [6.07, 6.45) is 1.37. The van der Waals surface area contributed by atoms with Crippen molar-refractivity contribution in [1.82, 2.24) is 5.32 Å². The lowest BCUT2D eigenvalue weighted by Crippen LogP contribution is -2.65. The molecule has 2 aliphatic heterocycles. The van der Waals surface area contributed by atoms with Gasteiger partial charge >= 0.3 is 5.91 Å². The zero-order valence-electron chi connectivity index (χ0n) is 20.1. The summed E-state index contributed by atoms with van der Waals surface area (Å²) < 4.78 is -0.824. The minimum atomic E-state index is -0.824. The molecule has 2 aromatic rings. The fourth-order valence-corrected chi connectivity index (χ4v) is 5.31. The Morgan fingerprint density at radius 1 is 1.15 bits per heavy atom. The van der Waals surface area contributed by atoms with Crippen LogP contribution in [-0.2, 0) is 4.79 Å². The molecule has 0 aromatic heterocycles. The van der Waals surface area contributed by atoms with E-state index in [1.165, 1.54) is 7.05 Å². The highest BCUT2D eigenvalue weighted by Crippen LogP contribution is 2.42. The number of likely N-dealkylation sites (tertiary alicyclic amines) is 1. The molecule has 33 heavy (non-hydrogen) atoms. The van der Waals surface area contributed by atoms with Crippen LogP contribution in [0.4, 0.5) is 11.4 Å². The Bertz CT molecular complexity index is 1050. The first-order valence-corrected chi connectivity index (χ1v) is 11.6. The molecule has 0 aliphatic carbocycles. The van der Waals surface area contributed by atoms with Gasteiger partial charge in [-0.3, -0.25) is 9.44 Å². The van der Waals surface area contributed by atoms with Crippen LogP contribution < -0.4 is 15.5 Å². The van der Waals surface area contributed by atoms with Gasteiger partial charge in [-0.05, 0) is 67.8 Å². The summed E-state index contributed by atoms with van der Waals surface area (Å²) in [4.78, 5) is 28.1. The van der Waals surface area contributed by atoms with Crippen LogP contribution in [0, 0.1) is 18.0 Å². The molecule has 2 aliphatic rings. The maximum absolute atomic E-state index is 13.5. The largest absolute Gasteiger partial charge is 0.625 e. The average Bonchev–Trinajstić information content (AvgIpc) is 2.78. The summed E-state index contributed by atoms with van der Waals surface area (Å²) in [5.74, 6) is -0.810. The number of nitrogens with zero attached hydrogens (tertiary/aromatic N) is 2. The molecule has 5 unspecified atom stereocenters. The van der Waals surface area contributed by atoms with E-state index in [-0.39, 0.29) is 29.8 Å². The van der Waals surface area contributed by atoms with Crippen LogP contribution in [0.15, 0.2) is 42.5 Å². The van der Waals surface area contributed by atoms with Crippen LogP contribution in [0.3, 0.4) is 0 Å². The topological polar surface area (TPSA) is 84.5 Å². The fraction of sp³-hybridized carbons (Fsp3) is 0.462. The SMILES string of the molecule is Cc1ccc(NC(=O)c2ccc(N(C)C)cc2)cc1C1CC2CNC(C)CC2[N+](C)([O-])C1=O. The van der Waals surface area contributed by atoms with Crippen molar-refractivity contribution in [3.63, 3.8) is 0 Å². The van der Waals surface area contributed by atoms with Crippen molar-refractivity contribution in [2.45, 2.75) is 44.7 Å². The Labute approximate surface area is 195 Å². The van der Waals surface area contributed by atoms with E-state index in [0.29, 0.717) is 24.1 Å². The molecule has 0 radical (unpaired) electrons. The van der Waals surface area contributed by atoms with Gasteiger partial charge in [-0.25, -0.2) is 4.79 Å². The normalized spacial score (nSPS) is 29.3. The van der Waals surface area contributed by atoms with Crippen LogP contribution in [0.25, 0.3) is 0 Å². The van der Waals surface area contributed by atoms with Gasteiger partial charge in [0.1, 0.15) is 12.0 Å². The third kappa shape index (κ3) is 4.53. The number of nitrogens with one attached hydrogen (secondary N) is 2. The number of benzene rings is 2. The summed E-state index contributed by atoms with van der Waals surface area (Å²) in [5.41, 5.74) is 3.99. The van der Waals surface area contributed by atoms with Gasteiger partial charge in [0.2, 0.25) is 0 Å². The maximum Gasteiger partial charge on any atom is 0.321 e. The van der Waals surface area contributed by atoms with Gasteiger partial charge in [0.05, 0.1) is 7.05 Å². The number of quaternary nitrogens is 1. The first-order chi connectivity index (χ1) is 15.6. The molecule has 4 rings (SSSR count). The molecule has 176 valence electrons. The minimum absolute atomic E-state index is 0.152. The molecular weight excluding hydrogens is 416 g/mol. The van der Waals surface area contributed by atoms with Gasteiger partial charge in [0, 0.05) is 56.0 Å². The molecule has 2 saturated heterocycles. The fourth-order valence-electron chi connectivity index (χ4n) is 5.31. The molecule has 2 heterocycles. The molecule has 0 saturated carbocycles. The van der Waals surface area contributed by atoms with Crippen molar-refractivity contribution in [2.24, 2.45) is 5.92 Å². The van der Waals surface area contributed by atoms with E-state index in [1.807, 2.05) is 56.3 Å². The average molecular weight is 451 g/mol. The predicted molar refractivity (Wildman–Crippen MR) is 131 cm³/mol. The lowest BCUT2D eigenvalue weighted by atomic mass is 9.74. The van der Waals surface area contributed by atoms with Crippen molar-refractivity contribution in [2.75, 3.05) is 37.9 Å². The van der Waals surface area contributed by atoms with E-state index >= 15 is 0 Å². The van der Waals surface area contributed by atoms with Crippen LogP contribution in [0.1, 0.15) is 47.2 Å². The third-order valence-corrected chi connectivity index (χ3v) is 7.33. The first-order valence-electron chi connectivity index (χ1n) is 11.6. The highest BCUT2D eigenvalue weighted by molar-refractivity contribution is 6.04. The number of hydroxylamine groups is 3. The van der Waals surface area contributed by atoms with Gasteiger partial charge in [-0.15, -0.1) is 0 Å². The first kappa shape index (κ1) is 23.4. The quantitative estimate of drug-likeness (QED) is 0.549. The number of rotatable bonds is 4. The van der Waals surface area contributed by atoms with Crippen LogP contribution in [0.2, 0.25) is 0 Å². The number of carbonyl (C=O) groups is 2. The molecule has 2 N–H and O–H groups in total. The Balaban J connectivity index is 1.57. The molecule has 0 spiro atoms. The lowest BCUT2D eigenvalue weighted by molar-refractivity contribution is -0.822. The van der Waals surface area contributed by atoms with E-state index in [2.05, 4.69) is 17.6 Å². The number of likely N-dealkylation sites (N-methyl/N-ethyl adjacent to an activating group) is 1. The van der Waals surface area contributed by atoms with Crippen LogP contribution >= 0.6 is 0 Å². The van der Waals surface area contributed by atoms with Crippen molar-refractivity contribution < 1.29 is 14.2 Å². The second-order valence-corrected chi connectivity index (χ2v) is 9.96. The van der Waals surface area contributed by atoms with Gasteiger partial charge < -0.3 is 20.7 Å². The van der Waals surface area contributed by atoms with E-state index < -0.39 is 10.6 Å². The Hall–Kier alpha value is -2.74. The monoisotopic (exact) mass is 450 g/mol. The highest BCUT2D eigenvalue weighted by atomic mass is 16.6. The zero-order chi connectivity index (χ0) is 23.9. The summed E-state index contributed by atoms with van der Waals surface area (Å²) in [5, 5.41) is 19.9. The van der Waals surface area contributed by atoms with Crippen molar-refractivity contribution in [1.29, 1.82) is 0 Å². The van der Waals surface area contributed by atoms with Crippen molar-refractivity contribution >= 4 is 23.2 Å². The number of carbonyl (C=O) groups excluding carboxylic acids is 2. The molecule has 2 amide bonds. The van der Waals surface area contributed by atoms with Gasteiger partial charge in [0.15, 0.2) is 0 Å². The standard InChI is InChI=1S/C26H34N4O3/c1-16-6-9-20(28-25(31)18-7-10-21(11-8-18)29(3)4)14-22(16)23-13-19-15-27-17(2)12-24(19)30(5,33)26(23)32/h6-11,14,17,19,23-24,27H,12-13,15H2,1-5H3,(H,28,31). The predicted octanol–water partition coefficient (Wildman–Crippen LogP) is 3.64. The van der Waals surface area contributed by atoms with Gasteiger partial charge in [0.25, 0.3) is 5.91 Å². The smallest absolute Gasteiger partial charge is 0.321 e.